The minimum atomic E-state index is 0.0893. The summed E-state index contributed by atoms with van der Waals surface area (Å²) < 4.78 is 8.23. The molecule has 0 aromatic carbocycles. The summed E-state index contributed by atoms with van der Waals surface area (Å²) in [5, 5.41) is 14.1. The number of hydrogen-bond donors (Lipinski definition) is 1. The second-order valence-corrected chi connectivity index (χ2v) is 6.14. The summed E-state index contributed by atoms with van der Waals surface area (Å²) in [6.45, 7) is 4.99. The van der Waals surface area contributed by atoms with Crippen LogP contribution in [0.2, 0.25) is 0 Å². The number of ether oxygens (including phenoxy) is 1. The Labute approximate surface area is 114 Å². The highest BCUT2D eigenvalue weighted by Gasteiger charge is 2.41. The average molecular weight is 264 g/mol. The molecule has 4 nitrogen and oxygen atoms in total. The fraction of sp³-hybridized carbons (Fsp3) is 0.800. The number of aromatic nitrogens is 2. The van der Waals surface area contributed by atoms with Gasteiger partial charge < -0.3 is 9.84 Å². The van der Waals surface area contributed by atoms with Gasteiger partial charge in [0.25, 0.3) is 0 Å². The van der Waals surface area contributed by atoms with Gasteiger partial charge in [0.1, 0.15) is 0 Å². The van der Waals surface area contributed by atoms with Crippen molar-refractivity contribution in [2.45, 2.75) is 70.6 Å². The van der Waals surface area contributed by atoms with E-state index in [2.05, 4.69) is 16.7 Å². The largest absolute Gasteiger partial charge is 0.392 e. The zero-order chi connectivity index (χ0) is 13.5. The summed E-state index contributed by atoms with van der Waals surface area (Å²) in [6.07, 6.45) is 7.12. The molecule has 1 unspecified atom stereocenters. The molecule has 1 aromatic heterocycles. The molecule has 1 aliphatic carbocycles. The highest BCUT2D eigenvalue weighted by molar-refractivity contribution is 5.24. The summed E-state index contributed by atoms with van der Waals surface area (Å²) in [7, 11) is 0. The Morgan fingerprint density at radius 3 is 2.74 bits per heavy atom. The Bertz CT molecular complexity index is 461. The highest BCUT2D eigenvalue weighted by Crippen LogP contribution is 2.43. The van der Waals surface area contributed by atoms with E-state index in [1.165, 1.54) is 25.7 Å². The third kappa shape index (κ3) is 2.21. The first-order valence-corrected chi connectivity index (χ1v) is 7.45. The number of rotatable bonds is 2. The van der Waals surface area contributed by atoms with Crippen LogP contribution in [0.25, 0.3) is 0 Å². The Morgan fingerprint density at radius 2 is 2.11 bits per heavy atom. The predicted octanol–water partition coefficient (Wildman–Crippen LogP) is 2.66. The van der Waals surface area contributed by atoms with Gasteiger partial charge in [-0.05, 0) is 39.5 Å². The monoisotopic (exact) mass is 264 g/mol. The van der Waals surface area contributed by atoms with Crippen LogP contribution in [0.3, 0.4) is 0 Å². The third-order valence-electron chi connectivity index (χ3n) is 4.96. The number of aryl methyl sites for hydroxylation is 1. The number of aliphatic hydroxyl groups excluding tert-OH is 1. The van der Waals surface area contributed by atoms with Gasteiger partial charge in [-0.1, -0.05) is 12.8 Å². The number of hydrogen-bond acceptors (Lipinski definition) is 3. The molecule has 106 valence electrons. The Hall–Kier alpha value is -0.870. The van der Waals surface area contributed by atoms with Crippen molar-refractivity contribution in [3.05, 3.63) is 17.0 Å². The van der Waals surface area contributed by atoms with Crippen molar-refractivity contribution < 1.29 is 9.84 Å². The molecule has 2 heterocycles. The first kappa shape index (κ1) is 13.1. The van der Waals surface area contributed by atoms with Crippen LogP contribution in [0.4, 0.5) is 0 Å². The van der Waals surface area contributed by atoms with Crippen molar-refractivity contribution >= 4 is 0 Å². The second-order valence-electron chi connectivity index (χ2n) is 6.14. The molecule has 0 amide bonds. The molecular formula is C15H24N2O2. The maximum absolute atomic E-state index is 9.44. The summed E-state index contributed by atoms with van der Waals surface area (Å²) in [4.78, 5) is 0. The molecule has 4 heteroatoms. The van der Waals surface area contributed by atoms with Gasteiger partial charge in [-0.2, -0.15) is 5.10 Å². The van der Waals surface area contributed by atoms with Crippen molar-refractivity contribution in [3.8, 4) is 0 Å². The van der Waals surface area contributed by atoms with Gasteiger partial charge in [-0.25, -0.2) is 0 Å². The molecule has 1 saturated heterocycles. The van der Waals surface area contributed by atoms with E-state index in [0.29, 0.717) is 6.04 Å². The Balaban J connectivity index is 1.85. The van der Waals surface area contributed by atoms with E-state index < -0.39 is 0 Å². The molecule has 3 rings (SSSR count). The van der Waals surface area contributed by atoms with Crippen LogP contribution in [-0.4, -0.2) is 27.1 Å². The van der Waals surface area contributed by atoms with Crippen molar-refractivity contribution in [2.24, 2.45) is 0 Å². The first-order chi connectivity index (χ1) is 9.15. The predicted molar refractivity (Wildman–Crippen MR) is 73.0 cm³/mol. The van der Waals surface area contributed by atoms with E-state index in [0.717, 1.165) is 36.4 Å². The van der Waals surface area contributed by atoms with Crippen LogP contribution in [0.15, 0.2) is 0 Å². The minimum absolute atomic E-state index is 0.0893. The first-order valence-electron chi connectivity index (χ1n) is 7.45. The van der Waals surface area contributed by atoms with Crippen molar-refractivity contribution in [1.29, 1.82) is 0 Å². The lowest BCUT2D eigenvalue weighted by atomic mass is 9.89. The van der Waals surface area contributed by atoms with Crippen LogP contribution in [0.5, 0.6) is 0 Å². The standard InChI is InChI=1S/C15H24N2O2/c1-11-14(10-18)12(2)17(16-11)13-5-8-19-15(9-13)6-3-4-7-15/h13,18H,3-10H2,1-2H3. The third-order valence-corrected chi connectivity index (χ3v) is 4.96. The molecule has 1 spiro atoms. The fourth-order valence-corrected chi connectivity index (χ4v) is 3.86. The van der Waals surface area contributed by atoms with E-state index in [9.17, 15) is 5.11 Å². The van der Waals surface area contributed by atoms with Gasteiger partial charge >= 0.3 is 0 Å². The summed E-state index contributed by atoms with van der Waals surface area (Å²) >= 11 is 0. The van der Waals surface area contributed by atoms with Gasteiger partial charge in [-0.15, -0.1) is 0 Å². The molecule has 1 N–H and O–H groups in total. The van der Waals surface area contributed by atoms with Crippen LogP contribution in [0.1, 0.15) is 61.5 Å². The summed E-state index contributed by atoms with van der Waals surface area (Å²) in [6, 6.07) is 0.436. The van der Waals surface area contributed by atoms with Crippen LogP contribution in [0, 0.1) is 13.8 Å². The summed E-state index contributed by atoms with van der Waals surface area (Å²) in [5.41, 5.74) is 3.20. The molecule has 1 atom stereocenters. The molecule has 2 fully saturated rings. The number of nitrogens with zero attached hydrogens (tertiary/aromatic N) is 2. The van der Waals surface area contributed by atoms with Crippen LogP contribution < -0.4 is 0 Å². The average Bonchev–Trinajstić information content (AvgIpc) is 2.95. The summed E-state index contributed by atoms with van der Waals surface area (Å²) in [5.74, 6) is 0. The van der Waals surface area contributed by atoms with E-state index in [1.807, 2.05) is 6.92 Å². The molecule has 19 heavy (non-hydrogen) atoms. The van der Waals surface area contributed by atoms with E-state index >= 15 is 0 Å². The van der Waals surface area contributed by atoms with Gasteiger partial charge in [0, 0.05) is 17.9 Å². The Morgan fingerprint density at radius 1 is 1.37 bits per heavy atom. The van der Waals surface area contributed by atoms with Gasteiger partial charge in [0.2, 0.25) is 0 Å². The van der Waals surface area contributed by atoms with Crippen molar-refractivity contribution in [3.63, 3.8) is 0 Å². The SMILES string of the molecule is Cc1nn(C2CCOC3(CCCC3)C2)c(C)c1CO. The zero-order valence-electron chi connectivity index (χ0n) is 12.0. The van der Waals surface area contributed by atoms with E-state index in [1.54, 1.807) is 0 Å². The molecule has 0 radical (unpaired) electrons. The van der Waals surface area contributed by atoms with Gasteiger partial charge in [0.15, 0.2) is 0 Å². The number of aliphatic hydroxyl groups is 1. The smallest absolute Gasteiger partial charge is 0.0718 e. The molecule has 1 aromatic rings. The normalized spacial score (nSPS) is 26.2. The molecule has 2 aliphatic rings. The van der Waals surface area contributed by atoms with Crippen molar-refractivity contribution in [1.82, 2.24) is 9.78 Å². The van der Waals surface area contributed by atoms with E-state index in [-0.39, 0.29) is 12.2 Å². The molecular weight excluding hydrogens is 240 g/mol. The van der Waals surface area contributed by atoms with Crippen LogP contribution >= 0.6 is 0 Å². The fourth-order valence-electron chi connectivity index (χ4n) is 3.86. The lowest BCUT2D eigenvalue weighted by Gasteiger charge is -2.38. The maximum atomic E-state index is 9.44. The van der Waals surface area contributed by atoms with Gasteiger partial charge in [0.05, 0.1) is 23.9 Å². The molecule has 1 aliphatic heterocycles. The lowest BCUT2D eigenvalue weighted by molar-refractivity contribution is -0.0912. The lowest BCUT2D eigenvalue weighted by Crippen LogP contribution is -2.38. The maximum Gasteiger partial charge on any atom is 0.0718 e. The zero-order valence-corrected chi connectivity index (χ0v) is 12.0. The van der Waals surface area contributed by atoms with Gasteiger partial charge in [-0.3, -0.25) is 4.68 Å². The van der Waals surface area contributed by atoms with Crippen LogP contribution in [-0.2, 0) is 11.3 Å². The quantitative estimate of drug-likeness (QED) is 0.893. The topological polar surface area (TPSA) is 47.3 Å². The molecule has 0 bridgehead atoms. The Kier molecular flexibility index (Phi) is 3.39. The second kappa shape index (κ2) is 4.91. The van der Waals surface area contributed by atoms with Crippen molar-refractivity contribution in [2.75, 3.05) is 6.61 Å². The molecule has 1 saturated carbocycles. The highest BCUT2D eigenvalue weighted by atomic mass is 16.5. The van der Waals surface area contributed by atoms with E-state index in [4.69, 9.17) is 4.74 Å². The minimum Gasteiger partial charge on any atom is -0.392 e.